The number of alkyl halides is 3. The van der Waals surface area contributed by atoms with E-state index in [-0.39, 0.29) is 10.7 Å². The van der Waals surface area contributed by atoms with E-state index < -0.39 is 11.7 Å². The smallest absolute Gasteiger partial charge is 0.417 e. The predicted molar refractivity (Wildman–Crippen MR) is 98.2 cm³/mol. The Bertz CT molecular complexity index is 1160. The summed E-state index contributed by atoms with van der Waals surface area (Å²) in [5.41, 5.74) is 2.05. The molecule has 28 heavy (non-hydrogen) atoms. The van der Waals surface area contributed by atoms with Crippen LogP contribution in [0.25, 0.3) is 28.0 Å². The van der Waals surface area contributed by atoms with Crippen LogP contribution in [-0.2, 0) is 6.18 Å². The molecule has 0 aliphatic carbocycles. The molecule has 5 nitrogen and oxygen atoms in total. The van der Waals surface area contributed by atoms with E-state index in [9.17, 15) is 13.2 Å². The molecule has 0 spiro atoms. The number of hydrogen-bond donors (Lipinski definition) is 0. The fraction of sp³-hybridized carbons (Fsp3) is 0.105. The van der Waals surface area contributed by atoms with Crippen molar-refractivity contribution in [1.29, 1.82) is 0 Å². The molecule has 0 radical (unpaired) electrons. The van der Waals surface area contributed by atoms with Crippen LogP contribution in [-0.4, -0.2) is 26.7 Å². The van der Waals surface area contributed by atoms with Crippen molar-refractivity contribution >= 4 is 17.2 Å². The first-order chi connectivity index (χ1) is 13.4. The summed E-state index contributed by atoms with van der Waals surface area (Å²) >= 11 is 6.02. The summed E-state index contributed by atoms with van der Waals surface area (Å²) in [5.74, 6) is 0.735. The summed E-state index contributed by atoms with van der Waals surface area (Å²) < 4.78 is 45.1. The highest BCUT2D eigenvalue weighted by molar-refractivity contribution is 6.33. The number of rotatable bonds is 3. The molecule has 0 N–H and O–H groups in total. The molecule has 3 aromatic heterocycles. The van der Waals surface area contributed by atoms with Crippen molar-refractivity contribution in [2.24, 2.45) is 0 Å². The van der Waals surface area contributed by atoms with Crippen molar-refractivity contribution in [2.75, 3.05) is 7.11 Å². The Hall–Kier alpha value is -3.13. The van der Waals surface area contributed by atoms with Gasteiger partial charge in [0, 0.05) is 29.7 Å². The van der Waals surface area contributed by atoms with Gasteiger partial charge in [-0.2, -0.15) is 18.3 Å². The van der Waals surface area contributed by atoms with Crippen LogP contribution >= 0.6 is 11.6 Å². The Balaban J connectivity index is 1.73. The topological polar surface area (TPSA) is 52.3 Å². The number of ether oxygens (including phenoxy) is 1. The number of aromatic nitrogens is 4. The van der Waals surface area contributed by atoms with Gasteiger partial charge >= 0.3 is 6.18 Å². The highest BCUT2D eigenvalue weighted by Crippen LogP contribution is 2.34. The van der Waals surface area contributed by atoms with Gasteiger partial charge in [-0.1, -0.05) is 23.7 Å². The van der Waals surface area contributed by atoms with Crippen LogP contribution in [0.2, 0.25) is 5.02 Å². The number of methoxy groups -OCH3 is 1. The number of hydrogen-bond acceptors (Lipinski definition) is 4. The monoisotopic (exact) mass is 404 g/mol. The van der Waals surface area contributed by atoms with Gasteiger partial charge in [0.05, 0.1) is 29.6 Å². The molecule has 1 aromatic carbocycles. The van der Waals surface area contributed by atoms with Crippen LogP contribution in [0.15, 0.2) is 55.1 Å². The quantitative estimate of drug-likeness (QED) is 0.474. The van der Waals surface area contributed by atoms with Crippen LogP contribution < -0.4 is 4.74 Å². The zero-order valence-corrected chi connectivity index (χ0v) is 15.2. The molecule has 0 amide bonds. The lowest BCUT2D eigenvalue weighted by molar-refractivity contribution is -0.137. The molecule has 0 saturated carbocycles. The standard InChI is InChI=1S/C19H12ClF3N4O/c1-28-14-4-2-11(3-5-14)15-9-26-27-10-12(7-25-18(15)27)17-16(20)6-13(8-24-17)19(21,22)23/h2-10H,1H3. The van der Waals surface area contributed by atoms with Crippen molar-refractivity contribution < 1.29 is 17.9 Å². The van der Waals surface area contributed by atoms with Crippen LogP contribution in [0, 0.1) is 0 Å². The minimum atomic E-state index is -4.51. The fourth-order valence-electron chi connectivity index (χ4n) is 2.78. The molecule has 4 rings (SSSR count). The number of nitrogens with zero attached hydrogens (tertiary/aromatic N) is 4. The molecule has 142 valence electrons. The summed E-state index contributed by atoms with van der Waals surface area (Å²) in [6.45, 7) is 0. The fourth-order valence-corrected chi connectivity index (χ4v) is 3.05. The molecule has 0 bridgehead atoms. The van der Waals surface area contributed by atoms with Gasteiger partial charge in [-0.05, 0) is 23.8 Å². The zero-order chi connectivity index (χ0) is 19.9. The Morgan fingerprint density at radius 2 is 1.75 bits per heavy atom. The average molecular weight is 405 g/mol. The Labute approximate surface area is 162 Å². The van der Waals surface area contributed by atoms with Gasteiger partial charge in [0.2, 0.25) is 0 Å². The van der Waals surface area contributed by atoms with E-state index >= 15 is 0 Å². The molecule has 9 heteroatoms. The molecule has 4 aromatic rings. The molecule has 0 aliphatic heterocycles. The lowest BCUT2D eigenvalue weighted by Gasteiger charge is -2.09. The van der Waals surface area contributed by atoms with E-state index in [4.69, 9.17) is 16.3 Å². The van der Waals surface area contributed by atoms with E-state index in [0.29, 0.717) is 11.2 Å². The third-order valence-corrected chi connectivity index (χ3v) is 4.49. The second-order valence-electron chi connectivity index (χ2n) is 5.95. The number of benzene rings is 1. The predicted octanol–water partition coefficient (Wildman–Crippen LogP) is 5.14. The average Bonchev–Trinajstić information content (AvgIpc) is 3.10. The minimum Gasteiger partial charge on any atom is -0.497 e. The lowest BCUT2D eigenvalue weighted by atomic mass is 10.1. The summed E-state index contributed by atoms with van der Waals surface area (Å²) in [7, 11) is 1.59. The van der Waals surface area contributed by atoms with Gasteiger partial charge < -0.3 is 4.74 Å². The maximum Gasteiger partial charge on any atom is 0.417 e. The minimum absolute atomic E-state index is 0.112. The second-order valence-corrected chi connectivity index (χ2v) is 6.36. The SMILES string of the molecule is COc1ccc(-c2cnn3cc(-c4ncc(C(F)(F)F)cc4Cl)cnc23)cc1. The van der Waals surface area contributed by atoms with Gasteiger partial charge in [0.1, 0.15) is 5.75 Å². The lowest BCUT2D eigenvalue weighted by Crippen LogP contribution is -2.06. The number of fused-ring (bicyclic) bond motifs is 1. The first kappa shape index (κ1) is 18.2. The Morgan fingerprint density at radius 3 is 2.39 bits per heavy atom. The maximum atomic E-state index is 12.8. The van der Waals surface area contributed by atoms with Crippen molar-refractivity contribution in [3.8, 4) is 28.1 Å². The third-order valence-electron chi connectivity index (χ3n) is 4.20. The summed E-state index contributed by atoms with van der Waals surface area (Å²) in [6.07, 6.45) is 1.03. The first-order valence-electron chi connectivity index (χ1n) is 8.08. The zero-order valence-electron chi connectivity index (χ0n) is 14.4. The van der Waals surface area contributed by atoms with Gasteiger partial charge in [0.25, 0.3) is 0 Å². The number of halogens is 4. The molecular weight excluding hydrogens is 393 g/mol. The Morgan fingerprint density at radius 1 is 1.00 bits per heavy atom. The second kappa shape index (κ2) is 6.79. The van der Waals surface area contributed by atoms with Gasteiger partial charge in [-0.3, -0.25) is 4.98 Å². The van der Waals surface area contributed by atoms with E-state index in [1.54, 1.807) is 19.5 Å². The Kier molecular flexibility index (Phi) is 4.43. The summed E-state index contributed by atoms with van der Waals surface area (Å²) in [6, 6.07) is 8.29. The van der Waals surface area contributed by atoms with Crippen LogP contribution in [0.1, 0.15) is 5.56 Å². The van der Waals surface area contributed by atoms with E-state index in [1.165, 1.54) is 10.7 Å². The van der Waals surface area contributed by atoms with E-state index in [0.717, 1.165) is 29.1 Å². The molecule has 0 saturated heterocycles. The van der Waals surface area contributed by atoms with Crippen molar-refractivity contribution in [2.45, 2.75) is 6.18 Å². The summed E-state index contributed by atoms with van der Waals surface area (Å²) in [4.78, 5) is 8.26. The van der Waals surface area contributed by atoms with Gasteiger partial charge in [-0.15, -0.1) is 0 Å². The molecule has 0 unspecified atom stereocenters. The molecule has 3 heterocycles. The first-order valence-corrected chi connectivity index (χ1v) is 8.45. The highest BCUT2D eigenvalue weighted by atomic mass is 35.5. The molecule has 0 fully saturated rings. The van der Waals surface area contributed by atoms with Crippen molar-refractivity contribution in [1.82, 2.24) is 19.6 Å². The summed E-state index contributed by atoms with van der Waals surface area (Å²) in [5, 5.41) is 4.17. The molecular formula is C19H12ClF3N4O. The van der Waals surface area contributed by atoms with Crippen LogP contribution in [0.4, 0.5) is 13.2 Å². The van der Waals surface area contributed by atoms with E-state index in [1.807, 2.05) is 24.3 Å². The number of pyridine rings is 1. The van der Waals surface area contributed by atoms with E-state index in [2.05, 4.69) is 15.1 Å². The van der Waals surface area contributed by atoms with Crippen molar-refractivity contribution in [3.05, 3.63) is 65.7 Å². The maximum absolute atomic E-state index is 12.8. The third kappa shape index (κ3) is 3.27. The van der Waals surface area contributed by atoms with Crippen LogP contribution in [0.3, 0.4) is 0 Å². The molecule has 0 atom stereocenters. The molecule has 0 aliphatic rings. The van der Waals surface area contributed by atoms with Crippen molar-refractivity contribution in [3.63, 3.8) is 0 Å². The largest absolute Gasteiger partial charge is 0.497 e. The van der Waals surface area contributed by atoms with Gasteiger partial charge in [0.15, 0.2) is 5.65 Å². The normalized spacial score (nSPS) is 11.8. The van der Waals surface area contributed by atoms with Crippen LogP contribution in [0.5, 0.6) is 5.75 Å². The highest BCUT2D eigenvalue weighted by Gasteiger charge is 2.31. The van der Waals surface area contributed by atoms with Gasteiger partial charge in [-0.25, -0.2) is 9.50 Å².